The number of halogens is 1. The first-order valence-corrected chi connectivity index (χ1v) is 12.8. The lowest BCUT2D eigenvalue weighted by molar-refractivity contribution is 0.318. The Morgan fingerprint density at radius 2 is 1.83 bits per heavy atom. The number of fused-ring (bicyclic) bond motifs is 1. The molecular weight excluding hydrogens is 458 g/mol. The summed E-state index contributed by atoms with van der Waals surface area (Å²) >= 11 is 7.43. The number of aliphatic hydroxyl groups is 1. The van der Waals surface area contributed by atoms with E-state index in [4.69, 9.17) is 21.8 Å². The van der Waals surface area contributed by atoms with Gasteiger partial charge in [0.25, 0.3) is 10.0 Å². The van der Waals surface area contributed by atoms with Crippen molar-refractivity contribution in [2.45, 2.75) is 22.5 Å². The molecule has 0 aliphatic carbocycles. The number of hydrogen-bond donors (Lipinski definition) is 3. The topological polar surface area (TPSA) is 139 Å². The van der Waals surface area contributed by atoms with Crippen LogP contribution in [0.15, 0.2) is 56.7 Å². The summed E-state index contributed by atoms with van der Waals surface area (Å²) in [4.78, 5) is -0.733. The highest BCUT2D eigenvalue weighted by Gasteiger charge is 2.28. The highest BCUT2D eigenvalue weighted by molar-refractivity contribution is 7.99. The van der Waals surface area contributed by atoms with Crippen LogP contribution in [-0.2, 0) is 25.8 Å². The monoisotopic (exact) mass is 477 g/mol. The number of benzene rings is 2. The molecule has 0 radical (unpaired) electrons. The molecule has 1 heterocycles. The van der Waals surface area contributed by atoms with E-state index >= 15 is 0 Å². The Bertz CT molecular complexity index is 1100. The fourth-order valence-corrected chi connectivity index (χ4v) is 5.61. The summed E-state index contributed by atoms with van der Waals surface area (Å²) < 4.78 is 51.6. The van der Waals surface area contributed by atoms with E-state index in [1.807, 2.05) is 30.3 Å². The minimum absolute atomic E-state index is 0.160. The molecule has 158 valence electrons. The predicted molar refractivity (Wildman–Crippen MR) is 116 cm³/mol. The van der Waals surface area contributed by atoms with Crippen LogP contribution in [0.5, 0.6) is 0 Å². The van der Waals surface area contributed by atoms with Gasteiger partial charge in [-0.3, -0.25) is 0 Å². The normalized spacial score (nSPS) is 14.7. The molecule has 12 heteroatoms. The number of nitrogens with two attached hydrogens (primary N) is 1. The summed E-state index contributed by atoms with van der Waals surface area (Å²) in [5, 5.41) is 15.4. The van der Waals surface area contributed by atoms with Crippen molar-refractivity contribution >= 4 is 54.9 Å². The minimum Gasteiger partial charge on any atom is -0.397 e. The van der Waals surface area contributed by atoms with Crippen LogP contribution in [0.2, 0.25) is 5.02 Å². The van der Waals surface area contributed by atoms with Gasteiger partial charge < -0.3 is 10.4 Å². The molecule has 0 aromatic heterocycles. The largest absolute Gasteiger partial charge is 0.397 e. The second-order valence-electron chi connectivity index (χ2n) is 5.76. The van der Waals surface area contributed by atoms with Crippen LogP contribution in [0.3, 0.4) is 0 Å². The number of amidine groups is 1. The molecule has 29 heavy (non-hydrogen) atoms. The number of sulfonamides is 2. The van der Waals surface area contributed by atoms with E-state index in [2.05, 4.69) is 9.71 Å². The molecule has 0 fully saturated rings. The third-order valence-corrected chi connectivity index (χ3v) is 7.22. The van der Waals surface area contributed by atoms with Crippen LogP contribution < -0.4 is 10.5 Å². The fourth-order valence-electron chi connectivity index (χ4n) is 2.34. The number of aliphatic hydroxyl groups excluding tert-OH is 1. The van der Waals surface area contributed by atoms with Crippen molar-refractivity contribution in [1.82, 2.24) is 0 Å². The number of anilines is 1. The molecule has 2 aromatic rings. The van der Waals surface area contributed by atoms with Crippen LogP contribution in [0.4, 0.5) is 5.69 Å². The highest BCUT2D eigenvalue weighted by atomic mass is 35.5. The molecule has 2 aromatic carbocycles. The molecule has 0 bridgehead atoms. The van der Waals surface area contributed by atoms with Gasteiger partial charge in [-0.25, -0.2) is 13.6 Å². The molecule has 0 saturated heterocycles. The van der Waals surface area contributed by atoms with Gasteiger partial charge in [-0.15, -0.1) is 16.2 Å². The molecule has 0 amide bonds. The summed E-state index contributed by atoms with van der Waals surface area (Å²) in [6.45, 7) is 1.93. The minimum atomic E-state index is -4.15. The van der Waals surface area contributed by atoms with Crippen molar-refractivity contribution in [2.24, 2.45) is 9.54 Å². The Morgan fingerprint density at radius 3 is 2.41 bits per heavy atom. The molecular formula is C17H20ClN3O5S3. The summed E-state index contributed by atoms with van der Waals surface area (Å²) in [7, 11) is -8.20. The van der Waals surface area contributed by atoms with Gasteiger partial charge in [0.1, 0.15) is 15.6 Å². The maximum atomic E-state index is 12.4. The van der Waals surface area contributed by atoms with Gasteiger partial charge in [-0.05, 0) is 24.6 Å². The standard InChI is InChI=1S/C15H14ClN3O4S3.C2H6O/c16-11-6-12-14(7-13(11)25(17,20)21)26(22,23)19-15(18-12)9-24-8-10-4-2-1-3-5-10;1-2-3/h1-7H,8-9H2,(H,18,19)(H2,17,20,21);3H,2H2,1H3. The quantitative estimate of drug-likeness (QED) is 0.600. The average molecular weight is 478 g/mol. The lowest BCUT2D eigenvalue weighted by Gasteiger charge is -2.19. The highest BCUT2D eigenvalue weighted by Crippen LogP contribution is 2.34. The summed E-state index contributed by atoms with van der Waals surface area (Å²) in [6, 6.07) is 11.9. The summed E-state index contributed by atoms with van der Waals surface area (Å²) in [6.07, 6.45) is 0. The van der Waals surface area contributed by atoms with Gasteiger partial charge in [0.05, 0.1) is 16.5 Å². The number of rotatable bonds is 5. The van der Waals surface area contributed by atoms with Gasteiger partial charge in [0.15, 0.2) is 0 Å². The summed E-state index contributed by atoms with van der Waals surface area (Å²) in [5.41, 5.74) is 1.28. The van der Waals surface area contributed by atoms with Crippen LogP contribution in [-0.4, -0.2) is 40.1 Å². The Hall–Kier alpha value is -1.63. The lowest BCUT2D eigenvalue weighted by atomic mass is 10.2. The smallest absolute Gasteiger partial charge is 0.286 e. The van der Waals surface area contributed by atoms with Crippen LogP contribution >= 0.6 is 23.4 Å². The molecule has 0 unspecified atom stereocenters. The Labute approximate surface area is 179 Å². The number of nitrogens with zero attached hydrogens (tertiary/aromatic N) is 1. The molecule has 8 nitrogen and oxygen atoms in total. The summed E-state index contributed by atoms with van der Waals surface area (Å²) in [5.74, 6) is 1.28. The number of primary sulfonamides is 1. The third kappa shape index (κ3) is 6.43. The Balaban J connectivity index is 0.000000941. The second kappa shape index (κ2) is 9.92. The first-order chi connectivity index (χ1) is 13.6. The second-order valence-corrected chi connectivity index (χ2v) is 10.3. The van der Waals surface area contributed by atoms with E-state index in [0.29, 0.717) is 11.5 Å². The zero-order chi connectivity index (χ0) is 21.7. The van der Waals surface area contributed by atoms with Crippen molar-refractivity contribution in [3.63, 3.8) is 0 Å². The zero-order valence-corrected chi connectivity index (χ0v) is 18.6. The van der Waals surface area contributed by atoms with E-state index in [9.17, 15) is 16.8 Å². The van der Waals surface area contributed by atoms with Gasteiger partial charge >= 0.3 is 0 Å². The fraction of sp³-hybridized carbons (Fsp3) is 0.235. The molecule has 4 N–H and O–H groups in total. The lowest BCUT2D eigenvalue weighted by Crippen LogP contribution is -2.24. The van der Waals surface area contributed by atoms with Crippen LogP contribution in [0.1, 0.15) is 12.5 Å². The van der Waals surface area contributed by atoms with E-state index < -0.39 is 24.9 Å². The Kier molecular flexibility index (Phi) is 8.09. The van der Waals surface area contributed by atoms with E-state index in [1.54, 1.807) is 6.92 Å². The van der Waals surface area contributed by atoms with Crippen molar-refractivity contribution in [3.8, 4) is 0 Å². The first kappa shape index (κ1) is 23.6. The Morgan fingerprint density at radius 1 is 1.21 bits per heavy atom. The van der Waals surface area contributed by atoms with Crippen molar-refractivity contribution < 1.29 is 21.9 Å². The zero-order valence-electron chi connectivity index (χ0n) is 15.4. The van der Waals surface area contributed by atoms with Gasteiger partial charge in [-0.1, -0.05) is 41.9 Å². The van der Waals surface area contributed by atoms with Crippen LogP contribution in [0, 0.1) is 0 Å². The van der Waals surface area contributed by atoms with Gasteiger partial charge in [0.2, 0.25) is 10.0 Å². The maximum absolute atomic E-state index is 12.4. The SMILES string of the molecule is CCO.NS(=O)(=O)c1cc2c(cc1Cl)NC(CSCc1ccccc1)=NS2(=O)=O. The number of nitrogens with one attached hydrogen (secondary N) is 1. The van der Waals surface area contributed by atoms with Gasteiger partial charge in [-0.2, -0.15) is 8.42 Å². The molecule has 3 rings (SSSR count). The number of thioether (sulfide) groups is 1. The average Bonchev–Trinajstić information content (AvgIpc) is 2.61. The molecule has 1 aliphatic rings. The van der Waals surface area contributed by atoms with E-state index in [1.165, 1.54) is 17.8 Å². The van der Waals surface area contributed by atoms with Gasteiger partial charge in [0, 0.05) is 12.4 Å². The van der Waals surface area contributed by atoms with Crippen molar-refractivity contribution in [3.05, 3.63) is 53.1 Å². The first-order valence-electron chi connectivity index (χ1n) is 8.28. The number of hydrogen-bond acceptors (Lipinski definition) is 7. The maximum Gasteiger partial charge on any atom is 0.286 e. The van der Waals surface area contributed by atoms with Crippen molar-refractivity contribution in [1.29, 1.82) is 0 Å². The van der Waals surface area contributed by atoms with Crippen LogP contribution in [0.25, 0.3) is 0 Å². The molecule has 0 saturated carbocycles. The molecule has 1 aliphatic heterocycles. The molecule has 0 spiro atoms. The van der Waals surface area contributed by atoms with E-state index in [-0.39, 0.29) is 28.0 Å². The predicted octanol–water partition coefficient (Wildman–Crippen LogP) is 2.43. The van der Waals surface area contributed by atoms with Crippen molar-refractivity contribution in [2.75, 3.05) is 17.7 Å². The van der Waals surface area contributed by atoms with E-state index in [0.717, 1.165) is 11.6 Å². The molecule has 0 atom stereocenters. The third-order valence-electron chi connectivity index (χ3n) is 3.48.